The Morgan fingerprint density at radius 3 is 2.74 bits per heavy atom. The number of hydrogen-bond acceptors (Lipinski definition) is 6. The molecule has 1 aliphatic rings. The second kappa shape index (κ2) is 6.80. The molecule has 1 fully saturated rings. The van der Waals surface area contributed by atoms with E-state index in [0.29, 0.717) is 41.9 Å². The summed E-state index contributed by atoms with van der Waals surface area (Å²) in [6, 6.07) is 1.54. The van der Waals surface area contributed by atoms with Crippen molar-refractivity contribution >= 4 is 27.5 Å². The lowest BCUT2D eigenvalue weighted by Crippen LogP contribution is -2.45. The van der Waals surface area contributed by atoms with Gasteiger partial charge in [0, 0.05) is 24.7 Å². The van der Waals surface area contributed by atoms with E-state index in [-0.39, 0.29) is 29.6 Å². The number of carbonyl (C=O) groups excluding carboxylic acids is 1. The van der Waals surface area contributed by atoms with Crippen LogP contribution in [0.5, 0.6) is 0 Å². The molecule has 1 aliphatic heterocycles. The molecule has 1 amide bonds. The van der Waals surface area contributed by atoms with E-state index >= 15 is 0 Å². The van der Waals surface area contributed by atoms with Gasteiger partial charge in [-0.15, -0.1) is 11.3 Å². The molecule has 1 N–H and O–H groups in total. The lowest BCUT2D eigenvalue weighted by molar-refractivity contribution is -0.131. The Balaban J connectivity index is 1.49. The van der Waals surface area contributed by atoms with Crippen molar-refractivity contribution in [3.05, 3.63) is 49.3 Å². The molecule has 0 atom stereocenters. The third-order valence-corrected chi connectivity index (χ3v) is 6.13. The van der Waals surface area contributed by atoms with Crippen molar-refractivity contribution in [1.29, 1.82) is 0 Å². The Kier molecular flexibility index (Phi) is 4.47. The molecule has 4 rings (SSSR count). The number of hydrogen-bond donors (Lipinski definition) is 1. The number of nitrogens with one attached hydrogen (secondary N) is 1. The highest BCUT2D eigenvalue weighted by molar-refractivity contribution is 7.17. The predicted octanol–water partition coefficient (Wildman–Crippen LogP) is 1.76. The van der Waals surface area contributed by atoms with Gasteiger partial charge < -0.3 is 14.4 Å². The average Bonchev–Trinajstić information content (AvgIpc) is 3.24. The molecule has 0 spiro atoms. The van der Waals surface area contributed by atoms with Crippen LogP contribution in [0, 0.1) is 13.8 Å². The quantitative estimate of drug-likeness (QED) is 0.737. The van der Waals surface area contributed by atoms with Crippen molar-refractivity contribution < 1.29 is 9.32 Å². The van der Waals surface area contributed by atoms with E-state index in [0.717, 1.165) is 11.3 Å². The van der Waals surface area contributed by atoms with E-state index in [1.807, 2.05) is 6.92 Å². The highest BCUT2D eigenvalue weighted by Crippen LogP contribution is 2.23. The fourth-order valence-electron chi connectivity index (χ4n) is 3.67. The van der Waals surface area contributed by atoms with Crippen LogP contribution in [0.2, 0.25) is 0 Å². The van der Waals surface area contributed by atoms with Crippen LogP contribution in [0.1, 0.15) is 35.9 Å². The molecule has 9 heteroatoms. The Labute approximate surface area is 158 Å². The van der Waals surface area contributed by atoms with Crippen LogP contribution in [0.3, 0.4) is 0 Å². The molecular formula is C18H20N4O4S. The molecule has 4 heterocycles. The van der Waals surface area contributed by atoms with E-state index in [9.17, 15) is 14.4 Å². The lowest BCUT2D eigenvalue weighted by Gasteiger charge is -2.32. The molecule has 0 aliphatic carbocycles. The third kappa shape index (κ3) is 3.12. The van der Waals surface area contributed by atoms with Crippen molar-refractivity contribution in [3.63, 3.8) is 0 Å². The SMILES string of the molecule is Cc1noc(C)c1CC(=O)N1CCC(n2c(=O)[nH]c3ccsc3c2=O)CC1. The second-order valence-corrected chi connectivity index (χ2v) is 7.78. The summed E-state index contributed by atoms with van der Waals surface area (Å²) < 4.78 is 6.99. The summed E-state index contributed by atoms with van der Waals surface area (Å²) in [5.41, 5.74) is 1.52. The van der Waals surface area contributed by atoms with E-state index in [4.69, 9.17) is 4.52 Å². The maximum atomic E-state index is 12.7. The predicted molar refractivity (Wildman–Crippen MR) is 101 cm³/mol. The van der Waals surface area contributed by atoms with E-state index in [1.54, 1.807) is 23.3 Å². The maximum absolute atomic E-state index is 12.7. The average molecular weight is 388 g/mol. The molecule has 27 heavy (non-hydrogen) atoms. The van der Waals surface area contributed by atoms with E-state index in [2.05, 4.69) is 10.1 Å². The first-order chi connectivity index (χ1) is 13.0. The summed E-state index contributed by atoms with van der Waals surface area (Å²) in [6.07, 6.45) is 1.41. The second-order valence-electron chi connectivity index (χ2n) is 6.86. The van der Waals surface area contributed by atoms with E-state index in [1.165, 1.54) is 15.9 Å². The zero-order valence-corrected chi connectivity index (χ0v) is 16.0. The number of piperidine rings is 1. The molecule has 1 saturated heterocycles. The maximum Gasteiger partial charge on any atom is 0.329 e. The van der Waals surface area contributed by atoms with Crippen molar-refractivity contribution in [2.24, 2.45) is 0 Å². The molecule has 8 nitrogen and oxygen atoms in total. The first kappa shape index (κ1) is 17.7. The highest BCUT2D eigenvalue weighted by Gasteiger charge is 2.27. The monoisotopic (exact) mass is 388 g/mol. The molecule has 3 aromatic rings. The zero-order chi connectivity index (χ0) is 19.1. The van der Waals surface area contributed by atoms with Gasteiger partial charge in [-0.3, -0.25) is 14.2 Å². The summed E-state index contributed by atoms with van der Waals surface area (Å²) >= 11 is 1.33. The summed E-state index contributed by atoms with van der Waals surface area (Å²) in [6.45, 7) is 4.65. The van der Waals surface area contributed by atoms with Crippen LogP contribution in [-0.2, 0) is 11.2 Å². The summed E-state index contributed by atoms with van der Waals surface area (Å²) in [4.78, 5) is 42.2. The Hall–Kier alpha value is -2.68. The van der Waals surface area contributed by atoms with Gasteiger partial charge >= 0.3 is 5.69 Å². The number of aromatic nitrogens is 3. The van der Waals surface area contributed by atoms with Crippen LogP contribution in [0.25, 0.3) is 10.2 Å². The van der Waals surface area contributed by atoms with Gasteiger partial charge in [-0.2, -0.15) is 0 Å². The molecule has 0 radical (unpaired) electrons. The number of H-pyrrole nitrogens is 1. The minimum Gasteiger partial charge on any atom is -0.361 e. The fraction of sp³-hybridized carbons (Fsp3) is 0.444. The largest absolute Gasteiger partial charge is 0.361 e. The number of aromatic amines is 1. The molecule has 0 saturated carbocycles. The Morgan fingerprint density at radius 1 is 1.33 bits per heavy atom. The summed E-state index contributed by atoms with van der Waals surface area (Å²) in [5.74, 6) is 0.677. The number of aryl methyl sites for hydroxylation is 2. The van der Waals surface area contributed by atoms with Crippen LogP contribution in [0.4, 0.5) is 0 Å². The van der Waals surface area contributed by atoms with Crippen LogP contribution < -0.4 is 11.2 Å². The van der Waals surface area contributed by atoms with Crippen LogP contribution in [0.15, 0.2) is 25.6 Å². The number of nitrogens with zero attached hydrogens (tertiary/aromatic N) is 3. The highest BCUT2D eigenvalue weighted by atomic mass is 32.1. The van der Waals surface area contributed by atoms with Crippen molar-refractivity contribution in [1.82, 2.24) is 19.6 Å². The van der Waals surface area contributed by atoms with Crippen molar-refractivity contribution in [3.8, 4) is 0 Å². The minimum absolute atomic E-state index is 0.0119. The van der Waals surface area contributed by atoms with Gasteiger partial charge in [0.05, 0.1) is 17.6 Å². The fourth-order valence-corrected chi connectivity index (χ4v) is 4.46. The molecule has 3 aromatic heterocycles. The van der Waals surface area contributed by atoms with E-state index < -0.39 is 0 Å². The molecular weight excluding hydrogens is 368 g/mol. The minimum atomic E-state index is -0.383. The molecule has 0 bridgehead atoms. The van der Waals surface area contributed by atoms with Gasteiger partial charge in [-0.05, 0) is 38.1 Å². The van der Waals surface area contributed by atoms with Gasteiger partial charge in [0.2, 0.25) is 5.91 Å². The van der Waals surface area contributed by atoms with Gasteiger partial charge in [0.15, 0.2) is 0 Å². The number of carbonyl (C=O) groups is 1. The number of fused-ring (bicyclic) bond motifs is 1. The number of likely N-dealkylation sites (tertiary alicyclic amines) is 1. The summed E-state index contributed by atoms with van der Waals surface area (Å²) in [5, 5.41) is 5.68. The third-order valence-electron chi connectivity index (χ3n) is 5.23. The lowest BCUT2D eigenvalue weighted by atomic mass is 10.0. The smallest absolute Gasteiger partial charge is 0.329 e. The standard InChI is InChI=1S/C18H20N4O4S/c1-10-13(11(2)26-20-10)9-15(23)21-6-3-12(4-7-21)22-17(24)16-14(5-8-27-16)19-18(22)25/h5,8,12H,3-4,6-7,9H2,1-2H3,(H,19,25). The molecule has 0 unspecified atom stereocenters. The van der Waals surface area contributed by atoms with Crippen LogP contribution >= 0.6 is 11.3 Å². The van der Waals surface area contributed by atoms with Crippen molar-refractivity contribution in [2.45, 2.75) is 39.2 Å². The van der Waals surface area contributed by atoms with Gasteiger partial charge in [0.25, 0.3) is 5.56 Å². The topological polar surface area (TPSA) is 101 Å². The molecule has 0 aromatic carbocycles. The number of rotatable bonds is 3. The zero-order valence-electron chi connectivity index (χ0n) is 15.2. The van der Waals surface area contributed by atoms with Gasteiger partial charge in [-0.25, -0.2) is 4.79 Å². The normalized spacial score (nSPS) is 15.6. The molecule has 142 valence electrons. The summed E-state index contributed by atoms with van der Waals surface area (Å²) in [7, 11) is 0. The number of amides is 1. The first-order valence-corrected chi connectivity index (χ1v) is 9.75. The van der Waals surface area contributed by atoms with Gasteiger partial charge in [-0.1, -0.05) is 5.16 Å². The Bertz CT molecular complexity index is 1100. The first-order valence-electron chi connectivity index (χ1n) is 8.87. The van der Waals surface area contributed by atoms with Crippen LogP contribution in [-0.4, -0.2) is 38.6 Å². The van der Waals surface area contributed by atoms with Gasteiger partial charge in [0.1, 0.15) is 10.5 Å². The number of thiophene rings is 1. The van der Waals surface area contributed by atoms with Crippen molar-refractivity contribution in [2.75, 3.05) is 13.1 Å². The Morgan fingerprint density at radius 2 is 2.07 bits per heavy atom.